The predicted octanol–water partition coefficient (Wildman–Crippen LogP) is 4.21. The Labute approximate surface area is 133 Å². The summed E-state index contributed by atoms with van der Waals surface area (Å²) in [5.74, 6) is -0.0152. The van der Waals surface area contributed by atoms with Crippen LogP contribution in [0, 0.1) is 0 Å². The standard InChI is InChI=1S/C20H14N2O/c23-20(19-12-10-15-6-2-4-8-18(15)22-19)13-16-11-9-14-5-1-3-7-17(14)21-16/h1-12H,13H2. The van der Waals surface area contributed by atoms with E-state index in [1.807, 2.05) is 66.7 Å². The van der Waals surface area contributed by atoms with Crippen molar-refractivity contribution < 1.29 is 4.79 Å². The van der Waals surface area contributed by atoms with Crippen LogP contribution in [0.4, 0.5) is 0 Å². The van der Waals surface area contributed by atoms with Crippen LogP contribution in [0.2, 0.25) is 0 Å². The number of Topliss-reactive ketones (excluding diaryl/α,β-unsaturated/α-hetero) is 1. The SMILES string of the molecule is O=C(Cc1ccc2ccccc2n1)c1ccc2ccccc2n1. The number of carbonyl (C=O) groups is 1. The Morgan fingerprint density at radius 3 is 2.04 bits per heavy atom. The van der Waals surface area contributed by atoms with Gasteiger partial charge >= 0.3 is 0 Å². The normalized spacial score (nSPS) is 11.0. The minimum Gasteiger partial charge on any atom is -0.292 e. The summed E-state index contributed by atoms with van der Waals surface area (Å²) in [6.45, 7) is 0. The molecule has 0 atom stereocenters. The Bertz CT molecular complexity index is 1020. The number of para-hydroxylation sites is 2. The van der Waals surface area contributed by atoms with E-state index in [1.165, 1.54) is 0 Å². The first-order valence-corrected chi connectivity index (χ1v) is 7.53. The summed E-state index contributed by atoms with van der Waals surface area (Å²) in [4.78, 5) is 21.5. The smallest absolute Gasteiger partial charge is 0.187 e. The summed E-state index contributed by atoms with van der Waals surface area (Å²) >= 11 is 0. The Balaban J connectivity index is 1.64. The lowest BCUT2D eigenvalue weighted by Gasteiger charge is -2.04. The number of benzene rings is 2. The Morgan fingerprint density at radius 2 is 1.30 bits per heavy atom. The Morgan fingerprint density at radius 1 is 0.696 bits per heavy atom. The van der Waals surface area contributed by atoms with E-state index in [0.717, 1.165) is 27.5 Å². The summed E-state index contributed by atoms with van der Waals surface area (Å²) in [6, 6.07) is 23.3. The van der Waals surface area contributed by atoms with Crippen molar-refractivity contribution >= 4 is 27.6 Å². The number of carbonyl (C=O) groups excluding carboxylic acids is 1. The zero-order chi connectivity index (χ0) is 15.6. The number of hydrogen-bond acceptors (Lipinski definition) is 3. The van der Waals surface area contributed by atoms with Crippen molar-refractivity contribution in [2.24, 2.45) is 0 Å². The fraction of sp³-hybridized carbons (Fsp3) is 0.0500. The van der Waals surface area contributed by atoms with E-state index in [1.54, 1.807) is 6.07 Å². The molecule has 0 saturated carbocycles. The lowest BCUT2D eigenvalue weighted by atomic mass is 10.1. The van der Waals surface area contributed by atoms with E-state index in [-0.39, 0.29) is 12.2 Å². The molecule has 0 N–H and O–H groups in total. The van der Waals surface area contributed by atoms with Gasteiger partial charge in [-0.15, -0.1) is 0 Å². The van der Waals surface area contributed by atoms with Gasteiger partial charge in [-0.1, -0.05) is 48.5 Å². The van der Waals surface area contributed by atoms with Crippen LogP contribution in [0.3, 0.4) is 0 Å². The second kappa shape index (κ2) is 5.61. The molecule has 0 amide bonds. The van der Waals surface area contributed by atoms with Crippen LogP contribution < -0.4 is 0 Å². The zero-order valence-corrected chi connectivity index (χ0v) is 12.4. The van der Waals surface area contributed by atoms with Crippen LogP contribution in [0.5, 0.6) is 0 Å². The minimum absolute atomic E-state index is 0.0152. The maximum Gasteiger partial charge on any atom is 0.187 e. The van der Waals surface area contributed by atoms with Gasteiger partial charge in [-0.3, -0.25) is 9.78 Å². The molecule has 0 saturated heterocycles. The highest BCUT2D eigenvalue weighted by atomic mass is 16.1. The van der Waals surface area contributed by atoms with Gasteiger partial charge in [0.05, 0.1) is 17.5 Å². The van der Waals surface area contributed by atoms with Crippen LogP contribution in [-0.4, -0.2) is 15.8 Å². The molecule has 4 rings (SSSR count). The maximum absolute atomic E-state index is 12.5. The molecule has 0 radical (unpaired) electrons. The molecule has 2 heterocycles. The van der Waals surface area contributed by atoms with E-state index in [2.05, 4.69) is 9.97 Å². The highest BCUT2D eigenvalue weighted by Gasteiger charge is 2.10. The first kappa shape index (κ1) is 13.6. The van der Waals surface area contributed by atoms with Gasteiger partial charge in [0.25, 0.3) is 0 Å². The van der Waals surface area contributed by atoms with Gasteiger partial charge in [-0.2, -0.15) is 0 Å². The molecule has 4 aromatic rings. The topological polar surface area (TPSA) is 42.9 Å². The van der Waals surface area contributed by atoms with Gasteiger partial charge in [-0.05, 0) is 24.3 Å². The lowest BCUT2D eigenvalue weighted by molar-refractivity contribution is 0.0987. The summed E-state index contributed by atoms with van der Waals surface area (Å²) in [5.41, 5.74) is 3.00. The first-order chi connectivity index (χ1) is 11.3. The van der Waals surface area contributed by atoms with Crippen molar-refractivity contribution in [2.45, 2.75) is 6.42 Å². The summed E-state index contributed by atoms with van der Waals surface area (Å²) in [7, 11) is 0. The molecule has 0 bridgehead atoms. The minimum atomic E-state index is -0.0152. The van der Waals surface area contributed by atoms with Crippen LogP contribution in [0.15, 0.2) is 72.8 Å². The molecule has 110 valence electrons. The van der Waals surface area contributed by atoms with E-state index >= 15 is 0 Å². The monoisotopic (exact) mass is 298 g/mol. The van der Waals surface area contributed by atoms with Crippen molar-refractivity contribution in [3.63, 3.8) is 0 Å². The highest BCUT2D eigenvalue weighted by molar-refractivity contribution is 5.97. The van der Waals surface area contributed by atoms with Gasteiger partial charge in [0.1, 0.15) is 5.69 Å². The van der Waals surface area contributed by atoms with Gasteiger partial charge in [-0.25, -0.2) is 4.98 Å². The number of aromatic nitrogens is 2. The lowest BCUT2D eigenvalue weighted by Crippen LogP contribution is -2.07. The molecule has 0 aliphatic carbocycles. The van der Waals surface area contributed by atoms with Crippen molar-refractivity contribution in [1.29, 1.82) is 0 Å². The fourth-order valence-corrected chi connectivity index (χ4v) is 2.68. The molecule has 0 fully saturated rings. The van der Waals surface area contributed by atoms with Crippen LogP contribution in [-0.2, 0) is 6.42 Å². The van der Waals surface area contributed by atoms with E-state index < -0.39 is 0 Å². The second-order valence-electron chi connectivity index (χ2n) is 5.48. The third-order valence-corrected chi connectivity index (χ3v) is 3.88. The summed E-state index contributed by atoms with van der Waals surface area (Å²) in [6.07, 6.45) is 0.260. The third-order valence-electron chi connectivity index (χ3n) is 3.88. The van der Waals surface area contributed by atoms with Crippen LogP contribution >= 0.6 is 0 Å². The molecule has 0 aliphatic rings. The molecule has 23 heavy (non-hydrogen) atoms. The number of hydrogen-bond donors (Lipinski definition) is 0. The van der Waals surface area contributed by atoms with Gasteiger partial charge in [0, 0.05) is 16.5 Å². The predicted molar refractivity (Wildman–Crippen MR) is 91.5 cm³/mol. The van der Waals surface area contributed by atoms with Crippen molar-refractivity contribution in [3.05, 3.63) is 84.2 Å². The maximum atomic E-state index is 12.5. The molecule has 0 aliphatic heterocycles. The van der Waals surface area contributed by atoms with Crippen molar-refractivity contribution in [3.8, 4) is 0 Å². The molecule has 2 aromatic heterocycles. The molecule has 3 nitrogen and oxygen atoms in total. The molecule has 0 spiro atoms. The fourth-order valence-electron chi connectivity index (χ4n) is 2.68. The third kappa shape index (κ3) is 2.69. The van der Waals surface area contributed by atoms with Gasteiger partial charge in [0.15, 0.2) is 5.78 Å². The van der Waals surface area contributed by atoms with E-state index in [0.29, 0.717) is 5.69 Å². The van der Waals surface area contributed by atoms with E-state index in [4.69, 9.17) is 0 Å². The van der Waals surface area contributed by atoms with Crippen LogP contribution in [0.25, 0.3) is 21.8 Å². The van der Waals surface area contributed by atoms with Crippen molar-refractivity contribution in [2.75, 3.05) is 0 Å². The number of fused-ring (bicyclic) bond motifs is 2. The highest BCUT2D eigenvalue weighted by Crippen LogP contribution is 2.15. The Kier molecular flexibility index (Phi) is 3.31. The summed E-state index contributed by atoms with van der Waals surface area (Å²) < 4.78 is 0. The first-order valence-electron chi connectivity index (χ1n) is 7.53. The summed E-state index contributed by atoms with van der Waals surface area (Å²) in [5, 5.41) is 2.11. The number of pyridine rings is 2. The molecular formula is C20H14N2O. The average Bonchev–Trinajstić information content (AvgIpc) is 2.61. The van der Waals surface area contributed by atoms with Gasteiger partial charge < -0.3 is 0 Å². The zero-order valence-electron chi connectivity index (χ0n) is 12.4. The molecular weight excluding hydrogens is 284 g/mol. The van der Waals surface area contributed by atoms with E-state index in [9.17, 15) is 4.79 Å². The quantitative estimate of drug-likeness (QED) is 0.532. The Hall–Kier alpha value is -3.07. The second-order valence-corrected chi connectivity index (χ2v) is 5.48. The largest absolute Gasteiger partial charge is 0.292 e. The molecule has 3 heteroatoms. The number of rotatable bonds is 3. The average molecular weight is 298 g/mol. The molecule has 2 aromatic carbocycles. The number of ketones is 1. The van der Waals surface area contributed by atoms with Crippen molar-refractivity contribution in [1.82, 2.24) is 9.97 Å². The number of nitrogens with zero attached hydrogens (tertiary/aromatic N) is 2. The molecule has 0 unspecified atom stereocenters. The van der Waals surface area contributed by atoms with Crippen LogP contribution in [0.1, 0.15) is 16.2 Å². The van der Waals surface area contributed by atoms with Gasteiger partial charge in [0.2, 0.25) is 0 Å².